The number of guanidine groups is 1. The van der Waals surface area contributed by atoms with Gasteiger partial charge in [0, 0.05) is 32.7 Å². The van der Waals surface area contributed by atoms with Crippen LogP contribution in [-0.4, -0.2) is 56.8 Å². The Hall–Kier alpha value is -1.59. The van der Waals surface area contributed by atoms with Crippen molar-refractivity contribution in [2.45, 2.75) is 39.8 Å². The third-order valence-corrected chi connectivity index (χ3v) is 4.96. The highest BCUT2D eigenvalue weighted by Gasteiger charge is 2.23. The highest BCUT2D eigenvalue weighted by Crippen LogP contribution is 2.22. The van der Waals surface area contributed by atoms with Crippen LogP contribution in [0.15, 0.2) is 29.3 Å². The molecule has 140 valence electrons. The minimum atomic E-state index is 0.316. The highest BCUT2D eigenvalue weighted by atomic mass is 16.5. The van der Waals surface area contributed by atoms with Crippen molar-refractivity contribution >= 4 is 5.96 Å². The second-order valence-corrected chi connectivity index (χ2v) is 7.21. The lowest BCUT2D eigenvalue weighted by atomic mass is 10.0. The molecule has 1 aliphatic heterocycles. The lowest BCUT2D eigenvalue weighted by Gasteiger charge is -2.35. The molecule has 2 unspecified atom stereocenters. The van der Waals surface area contributed by atoms with E-state index < -0.39 is 0 Å². The van der Waals surface area contributed by atoms with Crippen molar-refractivity contribution in [2.75, 3.05) is 39.9 Å². The van der Waals surface area contributed by atoms with E-state index in [-0.39, 0.29) is 0 Å². The van der Waals surface area contributed by atoms with Crippen LogP contribution in [0.25, 0.3) is 0 Å². The van der Waals surface area contributed by atoms with Gasteiger partial charge in [-0.2, -0.15) is 0 Å². The molecule has 0 aliphatic carbocycles. The van der Waals surface area contributed by atoms with Gasteiger partial charge in [0.2, 0.25) is 0 Å². The Morgan fingerprint density at radius 3 is 2.56 bits per heavy atom. The predicted octanol–water partition coefficient (Wildman–Crippen LogP) is 2.58. The molecule has 0 amide bonds. The molecule has 1 fully saturated rings. The van der Waals surface area contributed by atoms with Gasteiger partial charge in [0.15, 0.2) is 5.96 Å². The molecule has 0 bridgehead atoms. The van der Waals surface area contributed by atoms with Crippen molar-refractivity contribution in [3.05, 3.63) is 35.4 Å². The predicted molar refractivity (Wildman–Crippen MR) is 105 cm³/mol. The number of aryl methyl sites for hydroxylation is 1. The van der Waals surface area contributed by atoms with Crippen LogP contribution >= 0.6 is 0 Å². The molecule has 2 rings (SSSR count). The van der Waals surface area contributed by atoms with Crippen molar-refractivity contribution in [3.8, 4) is 0 Å². The molecule has 0 aromatic heterocycles. The van der Waals surface area contributed by atoms with E-state index in [0.717, 1.165) is 38.8 Å². The van der Waals surface area contributed by atoms with Crippen molar-refractivity contribution in [2.24, 2.45) is 10.9 Å². The Bertz CT molecular complexity index is 552. The van der Waals surface area contributed by atoms with Gasteiger partial charge in [0.25, 0.3) is 0 Å². The van der Waals surface area contributed by atoms with Gasteiger partial charge in [0.1, 0.15) is 0 Å². The quantitative estimate of drug-likeness (QED) is 0.614. The van der Waals surface area contributed by atoms with Gasteiger partial charge in [-0.25, -0.2) is 0 Å². The normalized spacial score (nSPS) is 18.9. The fourth-order valence-corrected chi connectivity index (χ4v) is 2.99. The van der Waals surface area contributed by atoms with Crippen LogP contribution in [-0.2, 0) is 4.74 Å². The third kappa shape index (κ3) is 6.01. The molecule has 25 heavy (non-hydrogen) atoms. The fourth-order valence-electron chi connectivity index (χ4n) is 2.99. The highest BCUT2D eigenvalue weighted by molar-refractivity contribution is 5.80. The van der Waals surface area contributed by atoms with Crippen molar-refractivity contribution in [3.63, 3.8) is 0 Å². The van der Waals surface area contributed by atoms with Crippen LogP contribution in [0.4, 0.5) is 0 Å². The lowest BCUT2D eigenvalue weighted by molar-refractivity contribution is 0.0170. The molecule has 1 aromatic rings. The van der Waals surface area contributed by atoms with Gasteiger partial charge in [-0.1, -0.05) is 43.7 Å². The number of hydrogen-bond acceptors (Lipinski definition) is 3. The first-order valence-electron chi connectivity index (χ1n) is 9.36. The second kappa shape index (κ2) is 9.78. The monoisotopic (exact) mass is 346 g/mol. The second-order valence-electron chi connectivity index (χ2n) is 7.21. The number of rotatable bonds is 6. The molecule has 0 saturated carbocycles. The molecule has 5 nitrogen and oxygen atoms in total. The number of aliphatic imine (C=N–C) groups is 1. The van der Waals surface area contributed by atoms with Crippen LogP contribution in [0, 0.1) is 12.8 Å². The van der Waals surface area contributed by atoms with Crippen LogP contribution in [0.2, 0.25) is 0 Å². The molecular weight excluding hydrogens is 312 g/mol. The summed E-state index contributed by atoms with van der Waals surface area (Å²) in [5.41, 5.74) is 2.65. The number of ether oxygens (including phenoxy) is 1. The minimum absolute atomic E-state index is 0.316. The third-order valence-electron chi connectivity index (χ3n) is 4.96. The maximum absolute atomic E-state index is 5.54. The van der Waals surface area contributed by atoms with E-state index >= 15 is 0 Å². The first-order chi connectivity index (χ1) is 12.0. The SMILES string of the molecule is CN=C(NCC(c1cccc(C)c1)N1CCOCC1)NC(C)C(C)C. The molecule has 2 atom stereocenters. The van der Waals surface area contributed by atoms with E-state index in [1.165, 1.54) is 11.1 Å². The first kappa shape index (κ1) is 19.7. The van der Waals surface area contributed by atoms with Crippen molar-refractivity contribution in [1.82, 2.24) is 15.5 Å². The van der Waals surface area contributed by atoms with Crippen molar-refractivity contribution < 1.29 is 4.74 Å². The van der Waals surface area contributed by atoms with Crippen LogP contribution < -0.4 is 10.6 Å². The summed E-state index contributed by atoms with van der Waals surface area (Å²) in [6.07, 6.45) is 0. The van der Waals surface area contributed by atoms with Gasteiger partial charge in [-0.3, -0.25) is 9.89 Å². The first-order valence-corrected chi connectivity index (χ1v) is 9.36. The van der Waals surface area contributed by atoms with Gasteiger partial charge in [-0.15, -0.1) is 0 Å². The number of nitrogens with zero attached hydrogens (tertiary/aromatic N) is 2. The number of hydrogen-bond donors (Lipinski definition) is 2. The lowest BCUT2D eigenvalue weighted by Crippen LogP contribution is -2.48. The smallest absolute Gasteiger partial charge is 0.191 e. The van der Waals surface area contributed by atoms with E-state index in [2.05, 4.69) is 72.5 Å². The molecule has 2 N–H and O–H groups in total. The molecule has 5 heteroatoms. The zero-order chi connectivity index (χ0) is 18.2. The zero-order valence-electron chi connectivity index (χ0n) is 16.4. The minimum Gasteiger partial charge on any atom is -0.379 e. The average molecular weight is 347 g/mol. The Labute approximate surface area is 152 Å². The maximum Gasteiger partial charge on any atom is 0.191 e. The zero-order valence-corrected chi connectivity index (χ0v) is 16.4. The summed E-state index contributed by atoms with van der Waals surface area (Å²) in [6.45, 7) is 13.1. The Balaban J connectivity index is 2.07. The largest absolute Gasteiger partial charge is 0.379 e. The molecule has 0 radical (unpaired) electrons. The Morgan fingerprint density at radius 2 is 1.96 bits per heavy atom. The van der Waals surface area contributed by atoms with Gasteiger partial charge in [0.05, 0.1) is 19.3 Å². The average Bonchev–Trinajstić information content (AvgIpc) is 2.61. The van der Waals surface area contributed by atoms with Crippen LogP contribution in [0.3, 0.4) is 0 Å². The van der Waals surface area contributed by atoms with Crippen molar-refractivity contribution in [1.29, 1.82) is 0 Å². The van der Waals surface area contributed by atoms with Gasteiger partial charge >= 0.3 is 0 Å². The molecule has 0 spiro atoms. The standard InChI is InChI=1S/C20H34N4O/c1-15(2)17(4)23-20(21-5)22-14-19(24-9-11-25-12-10-24)18-8-6-7-16(3)13-18/h6-8,13,15,17,19H,9-12,14H2,1-5H3,(H2,21,22,23). The van der Waals surface area contributed by atoms with Crippen LogP contribution in [0.5, 0.6) is 0 Å². The van der Waals surface area contributed by atoms with E-state index in [9.17, 15) is 0 Å². The molecule has 1 heterocycles. The maximum atomic E-state index is 5.54. The van der Waals surface area contributed by atoms with E-state index in [4.69, 9.17) is 4.74 Å². The summed E-state index contributed by atoms with van der Waals surface area (Å²) in [5, 5.41) is 7.01. The van der Waals surface area contributed by atoms with Crippen LogP contribution in [0.1, 0.15) is 37.9 Å². The number of nitrogens with one attached hydrogen (secondary N) is 2. The topological polar surface area (TPSA) is 48.9 Å². The summed E-state index contributed by atoms with van der Waals surface area (Å²) in [4.78, 5) is 6.89. The number of morpholine rings is 1. The fraction of sp³-hybridized carbons (Fsp3) is 0.650. The Kier molecular flexibility index (Phi) is 7.72. The summed E-state index contributed by atoms with van der Waals surface area (Å²) in [5.74, 6) is 1.43. The summed E-state index contributed by atoms with van der Waals surface area (Å²) < 4.78 is 5.54. The van der Waals surface area contributed by atoms with Gasteiger partial charge < -0.3 is 15.4 Å². The van der Waals surface area contributed by atoms with E-state index in [0.29, 0.717) is 18.0 Å². The molecular formula is C20H34N4O. The Morgan fingerprint density at radius 1 is 1.24 bits per heavy atom. The summed E-state index contributed by atoms with van der Waals surface area (Å²) in [6, 6.07) is 9.50. The molecule has 1 aliphatic rings. The number of benzene rings is 1. The summed E-state index contributed by atoms with van der Waals surface area (Å²) in [7, 11) is 1.83. The summed E-state index contributed by atoms with van der Waals surface area (Å²) >= 11 is 0. The van der Waals surface area contributed by atoms with E-state index in [1.807, 2.05) is 7.05 Å². The van der Waals surface area contributed by atoms with Gasteiger partial charge in [-0.05, 0) is 25.3 Å². The molecule has 1 aromatic carbocycles. The van der Waals surface area contributed by atoms with E-state index in [1.54, 1.807) is 0 Å². The molecule has 1 saturated heterocycles.